The molecule has 6 unspecified atom stereocenters. The molecule has 0 saturated carbocycles. The summed E-state index contributed by atoms with van der Waals surface area (Å²) >= 11 is 0. The summed E-state index contributed by atoms with van der Waals surface area (Å²) < 4.78 is 38.9. The number of ether oxygens (including phenoxy) is 6. The number of benzene rings is 2. The number of aliphatic hydroxyl groups is 11. The Hall–Kier alpha value is -3.95. The molecule has 3 aromatic rings. The van der Waals surface area contributed by atoms with Crippen LogP contribution < -0.4 is 14.9 Å². The quantitative estimate of drug-likeness (QED) is 0.0853. The number of aromatic hydroxyl groups is 3. The van der Waals surface area contributed by atoms with Gasteiger partial charge in [-0.15, -0.1) is 0 Å². The topological polar surface area (TPSA) is 369 Å². The molecule has 0 radical (unpaired) electrons. The first-order chi connectivity index (χ1) is 26.1. The van der Waals surface area contributed by atoms with Crippen LogP contribution in [-0.4, -0.2) is 183 Å². The summed E-state index contributed by atoms with van der Waals surface area (Å²) in [5, 5.41) is 143. The van der Waals surface area contributed by atoms with Gasteiger partial charge in [0.2, 0.25) is 23.8 Å². The first kappa shape index (κ1) is 40.7. The Bertz CT molecular complexity index is 1870. The summed E-state index contributed by atoms with van der Waals surface area (Å²) in [6.45, 7) is -2.26. The lowest BCUT2D eigenvalue weighted by Gasteiger charge is -2.42. The van der Waals surface area contributed by atoms with Crippen molar-refractivity contribution >= 4 is 11.0 Å². The molecule has 1 aromatic heterocycles. The van der Waals surface area contributed by atoms with Gasteiger partial charge in [0.1, 0.15) is 95.7 Å². The highest BCUT2D eigenvalue weighted by atomic mass is 16.7. The zero-order chi connectivity index (χ0) is 40.0. The van der Waals surface area contributed by atoms with Gasteiger partial charge >= 0.3 is 0 Å². The molecule has 0 bridgehead atoms. The molecule has 15 atom stereocenters. The average molecular weight is 789 g/mol. The number of fused-ring (bicyclic) bond motifs is 1. The van der Waals surface area contributed by atoms with Crippen molar-refractivity contribution < 1.29 is 104 Å². The highest BCUT2D eigenvalue weighted by Crippen LogP contribution is 2.40. The Labute approximate surface area is 307 Å². The predicted octanol–water partition coefficient (Wildman–Crippen LogP) is -5.24. The zero-order valence-corrected chi connectivity index (χ0v) is 28.2. The average Bonchev–Trinajstić information content (AvgIpc) is 3.16. The van der Waals surface area contributed by atoms with E-state index in [0.29, 0.717) is 0 Å². The van der Waals surface area contributed by atoms with Crippen LogP contribution in [0.4, 0.5) is 0 Å². The van der Waals surface area contributed by atoms with Crippen LogP contribution >= 0.6 is 0 Å². The van der Waals surface area contributed by atoms with E-state index in [1.165, 1.54) is 6.07 Å². The summed E-state index contributed by atoms with van der Waals surface area (Å²) in [5.41, 5.74) is -1.68. The highest BCUT2D eigenvalue weighted by Gasteiger charge is 2.49. The molecule has 0 spiro atoms. The molecule has 22 nitrogen and oxygen atoms in total. The fourth-order valence-electron chi connectivity index (χ4n) is 6.25. The van der Waals surface area contributed by atoms with Crippen LogP contribution in [-0.2, 0) is 18.9 Å². The number of hydrogen-bond acceptors (Lipinski definition) is 22. The normalized spacial score (nSPS) is 36.8. The number of hydrogen-bond donors (Lipinski definition) is 14. The van der Waals surface area contributed by atoms with E-state index in [1.54, 1.807) is 0 Å². The van der Waals surface area contributed by atoms with E-state index < -0.39 is 157 Å². The van der Waals surface area contributed by atoms with Crippen LogP contribution in [0, 0.1) is 0 Å². The summed E-state index contributed by atoms with van der Waals surface area (Å²) in [6, 6.07) is 5.08. The molecular weight excluding hydrogens is 748 g/mol. The van der Waals surface area contributed by atoms with Crippen molar-refractivity contribution in [2.75, 3.05) is 19.8 Å². The van der Waals surface area contributed by atoms with E-state index in [-0.39, 0.29) is 11.3 Å². The summed E-state index contributed by atoms with van der Waals surface area (Å²) in [6.07, 6.45) is -26.3. The van der Waals surface area contributed by atoms with Crippen LogP contribution in [0.15, 0.2) is 39.5 Å². The number of aliphatic hydroxyl groups excluding tert-OH is 11. The Morgan fingerprint density at radius 1 is 0.564 bits per heavy atom. The van der Waals surface area contributed by atoms with Gasteiger partial charge < -0.3 is 104 Å². The first-order valence-electron chi connectivity index (χ1n) is 16.7. The molecule has 304 valence electrons. The second-order valence-corrected chi connectivity index (χ2v) is 13.1. The largest absolute Gasteiger partial charge is 0.507 e. The van der Waals surface area contributed by atoms with Crippen LogP contribution in [0.1, 0.15) is 0 Å². The van der Waals surface area contributed by atoms with Crippen LogP contribution in [0.3, 0.4) is 0 Å². The van der Waals surface area contributed by atoms with E-state index >= 15 is 0 Å². The van der Waals surface area contributed by atoms with Gasteiger partial charge in [0.15, 0.2) is 23.5 Å². The van der Waals surface area contributed by atoms with Gasteiger partial charge in [-0.3, -0.25) is 4.79 Å². The number of phenols is 3. The Kier molecular flexibility index (Phi) is 12.0. The van der Waals surface area contributed by atoms with Crippen molar-refractivity contribution in [2.24, 2.45) is 0 Å². The van der Waals surface area contributed by atoms with Gasteiger partial charge in [-0.1, -0.05) is 0 Å². The van der Waals surface area contributed by atoms with E-state index in [2.05, 4.69) is 0 Å². The lowest BCUT2D eigenvalue weighted by Crippen LogP contribution is -2.62. The Morgan fingerprint density at radius 3 is 1.67 bits per heavy atom. The Balaban J connectivity index is 1.30. The standard InChI is InChI=1S/C33H40O22/c34-6-15-19(39)23(43)26(46)31(52-15)49-8-17-21(41)25(45)27(47)32(54-17)50-10-4-13(38)18-14(5-10)51-29(9-1-2-11(36)12(37)3-9)30(22(18)42)55-33-28(48)24(44)20(40)16(7-35)53-33/h1-5,15-17,19-21,23-28,31-41,43-48H,6-8H2/t15-,16-,17-,19?,20?,21?,23+,24+,25+,26?,27?,28?,31-,32-,33-/m1/s1. The van der Waals surface area contributed by atoms with Gasteiger partial charge in [-0.25, -0.2) is 0 Å². The summed E-state index contributed by atoms with van der Waals surface area (Å²) in [5.74, 6) is -3.69. The van der Waals surface area contributed by atoms with E-state index in [1.807, 2.05) is 0 Å². The van der Waals surface area contributed by atoms with Crippen molar-refractivity contribution in [2.45, 2.75) is 92.1 Å². The second kappa shape index (κ2) is 16.3. The maximum absolute atomic E-state index is 13.9. The third-order valence-corrected chi connectivity index (χ3v) is 9.42. The molecule has 2 aromatic carbocycles. The first-order valence-corrected chi connectivity index (χ1v) is 16.7. The minimum absolute atomic E-state index is 0.120. The Morgan fingerprint density at radius 2 is 1.09 bits per heavy atom. The van der Waals surface area contributed by atoms with Crippen molar-refractivity contribution in [3.63, 3.8) is 0 Å². The van der Waals surface area contributed by atoms with Gasteiger partial charge in [0.25, 0.3) is 0 Å². The summed E-state index contributed by atoms with van der Waals surface area (Å²) in [7, 11) is 0. The van der Waals surface area contributed by atoms with Crippen molar-refractivity contribution in [3.8, 4) is 40.1 Å². The smallest absolute Gasteiger partial charge is 0.239 e. The lowest BCUT2D eigenvalue weighted by atomic mass is 9.98. The maximum atomic E-state index is 13.9. The molecule has 6 rings (SSSR count). The van der Waals surface area contributed by atoms with Crippen LogP contribution in [0.2, 0.25) is 0 Å². The molecular formula is C33H40O22. The fourth-order valence-corrected chi connectivity index (χ4v) is 6.25. The molecule has 3 aliphatic heterocycles. The highest BCUT2D eigenvalue weighted by molar-refractivity contribution is 5.88. The zero-order valence-electron chi connectivity index (χ0n) is 28.2. The minimum Gasteiger partial charge on any atom is -0.507 e. The van der Waals surface area contributed by atoms with Crippen molar-refractivity contribution in [1.82, 2.24) is 0 Å². The molecule has 4 heterocycles. The van der Waals surface area contributed by atoms with Gasteiger partial charge in [-0.05, 0) is 18.2 Å². The monoisotopic (exact) mass is 788 g/mol. The SMILES string of the molecule is O=c1c(O[C@H]2O[C@H](CO)C(O)[C@H](O)C2O)c(-c2ccc(O)c(O)c2)oc2cc(O[C@@H]3O[C@H](CO[C@@H]4O[C@H](CO)C(O)[C@H](O)C4O)C(O)[C@H](O)C3O)cc(O)c12. The van der Waals surface area contributed by atoms with Gasteiger partial charge in [0.05, 0.1) is 19.8 Å². The fraction of sp³-hybridized carbons (Fsp3) is 0.545. The predicted molar refractivity (Wildman–Crippen MR) is 174 cm³/mol. The van der Waals surface area contributed by atoms with Crippen LogP contribution in [0.25, 0.3) is 22.3 Å². The van der Waals surface area contributed by atoms with Crippen molar-refractivity contribution in [1.29, 1.82) is 0 Å². The lowest BCUT2D eigenvalue weighted by molar-refractivity contribution is -0.323. The molecule has 3 fully saturated rings. The van der Waals surface area contributed by atoms with Crippen LogP contribution in [0.5, 0.6) is 28.7 Å². The van der Waals surface area contributed by atoms with E-state index in [9.17, 15) is 76.3 Å². The molecule has 3 aliphatic rings. The molecule has 22 heteroatoms. The number of rotatable bonds is 10. The molecule has 14 N–H and O–H groups in total. The molecule has 0 aliphatic carbocycles. The van der Waals surface area contributed by atoms with Gasteiger partial charge in [0, 0.05) is 17.7 Å². The third kappa shape index (κ3) is 7.76. The van der Waals surface area contributed by atoms with Gasteiger partial charge in [-0.2, -0.15) is 0 Å². The second-order valence-electron chi connectivity index (χ2n) is 13.1. The third-order valence-electron chi connectivity index (χ3n) is 9.42. The minimum atomic E-state index is -1.99. The molecule has 0 amide bonds. The summed E-state index contributed by atoms with van der Waals surface area (Å²) in [4.78, 5) is 13.9. The van der Waals surface area contributed by atoms with E-state index in [0.717, 1.165) is 24.3 Å². The molecule has 3 saturated heterocycles. The van der Waals surface area contributed by atoms with E-state index in [4.69, 9.17) is 32.8 Å². The number of phenolic OH excluding ortho intramolecular Hbond substituents is 3. The maximum Gasteiger partial charge on any atom is 0.239 e. The van der Waals surface area contributed by atoms with Crippen molar-refractivity contribution in [3.05, 3.63) is 40.6 Å². The molecule has 55 heavy (non-hydrogen) atoms.